The van der Waals surface area contributed by atoms with Crippen LogP contribution in [0.2, 0.25) is 0 Å². The van der Waals surface area contributed by atoms with Crippen LogP contribution in [0.15, 0.2) is 59.6 Å². The molecule has 0 atom stereocenters. The fourth-order valence-corrected chi connectivity index (χ4v) is 2.94. The Morgan fingerprint density at radius 1 is 1.29 bits per heavy atom. The van der Waals surface area contributed by atoms with E-state index in [9.17, 15) is 4.79 Å². The zero-order valence-electron chi connectivity index (χ0n) is 15.6. The van der Waals surface area contributed by atoms with E-state index >= 15 is 0 Å². The number of carbonyl (C=O) groups excluding carboxylic acids is 1. The van der Waals surface area contributed by atoms with E-state index in [-0.39, 0.29) is 18.2 Å². The minimum absolute atomic E-state index is 0.175. The van der Waals surface area contributed by atoms with Crippen LogP contribution in [0.25, 0.3) is 10.8 Å². The standard InChI is InChI=1S/C20H19N5O3/c1-24(11-14-9-22-25(2)12-14)20(26)18-8-16(28-23-18)13-27-19-5-3-4-15-10-21-7-6-17(15)19/h3-10,12H,11,13H2,1-2H3. The number of pyridine rings is 1. The van der Waals surface area contributed by atoms with Gasteiger partial charge in [0, 0.05) is 61.6 Å². The molecule has 8 nitrogen and oxygen atoms in total. The van der Waals surface area contributed by atoms with Crippen molar-refractivity contribution in [2.75, 3.05) is 7.05 Å². The Morgan fingerprint density at radius 2 is 2.18 bits per heavy atom. The van der Waals surface area contributed by atoms with Crippen LogP contribution in [0, 0.1) is 0 Å². The molecule has 0 spiro atoms. The molecule has 0 aliphatic rings. The highest BCUT2D eigenvalue weighted by atomic mass is 16.5. The molecule has 4 rings (SSSR count). The summed E-state index contributed by atoms with van der Waals surface area (Å²) in [5.41, 5.74) is 1.18. The van der Waals surface area contributed by atoms with Gasteiger partial charge in [-0.15, -0.1) is 0 Å². The topological polar surface area (TPSA) is 86.3 Å². The van der Waals surface area contributed by atoms with E-state index in [1.165, 1.54) is 0 Å². The molecule has 0 unspecified atom stereocenters. The summed E-state index contributed by atoms with van der Waals surface area (Å²) >= 11 is 0. The van der Waals surface area contributed by atoms with Crippen molar-refractivity contribution in [3.8, 4) is 5.75 Å². The van der Waals surface area contributed by atoms with Crippen molar-refractivity contribution in [2.45, 2.75) is 13.2 Å². The minimum Gasteiger partial charge on any atom is -0.485 e. The molecule has 0 saturated carbocycles. The maximum Gasteiger partial charge on any atom is 0.276 e. The van der Waals surface area contributed by atoms with Gasteiger partial charge in [-0.2, -0.15) is 5.10 Å². The molecule has 0 aliphatic carbocycles. The monoisotopic (exact) mass is 377 g/mol. The number of carbonyl (C=O) groups is 1. The SMILES string of the molecule is CN(Cc1cnn(C)c1)C(=O)c1cc(COc2cccc3cnccc23)on1. The Balaban J connectivity index is 1.41. The predicted molar refractivity (Wildman–Crippen MR) is 102 cm³/mol. The zero-order chi connectivity index (χ0) is 19.5. The third-order valence-electron chi connectivity index (χ3n) is 4.31. The largest absolute Gasteiger partial charge is 0.485 e. The van der Waals surface area contributed by atoms with Gasteiger partial charge in [0.1, 0.15) is 12.4 Å². The zero-order valence-corrected chi connectivity index (χ0v) is 15.6. The summed E-state index contributed by atoms with van der Waals surface area (Å²) in [5.74, 6) is 0.970. The number of benzene rings is 1. The van der Waals surface area contributed by atoms with Gasteiger partial charge in [-0.3, -0.25) is 14.5 Å². The average Bonchev–Trinajstić information content (AvgIpc) is 3.34. The van der Waals surface area contributed by atoms with Crippen LogP contribution in [0.4, 0.5) is 0 Å². The quantitative estimate of drug-likeness (QED) is 0.514. The summed E-state index contributed by atoms with van der Waals surface area (Å²) in [4.78, 5) is 18.2. The maximum absolute atomic E-state index is 12.5. The average molecular weight is 377 g/mol. The second-order valence-electron chi connectivity index (χ2n) is 6.50. The van der Waals surface area contributed by atoms with Crippen molar-refractivity contribution in [1.82, 2.24) is 24.8 Å². The van der Waals surface area contributed by atoms with E-state index in [0.29, 0.717) is 12.3 Å². The molecular formula is C20H19N5O3. The van der Waals surface area contributed by atoms with Gasteiger partial charge >= 0.3 is 0 Å². The molecule has 142 valence electrons. The van der Waals surface area contributed by atoms with Crippen LogP contribution in [0.5, 0.6) is 5.75 Å². The Kier molecular flexibility index (Phi) is 4.76. The predicted octanol–water partition coefficient (Wildman–Crippen LogP) is 2.81. The van der Waals surface area contributed by atoms with Crippen LogP contribution in [0.1, 0.15) is 21.8 Å². The van der Waals surface area contributed by atoms with Gasteiger partial charge in [0.05, 0.1) is 6.20 Å². The van der Waals surface area contributed by atoms with Crippen molar-refractivity contribution < 1.29 is 14.1 Å². The number of nitrogens with zero attached hydrogens (tertiary/aromatic N) is 5. The summed E-state index contributed by atoms with van der Waals surface area (Å²) in [6, 6.07) is 9.26. The highest BCUT2D eigenvalue weighted by Crippen LogP contribution is 2.25. The number of hydrogen-bond acceptors (Lipinski definition) is 6. The molecule has 0 radical (unpaired) electrons. The number of ether oxygens (including phenoxy) is 1. The maximum atomic E-state index is 12.5. The van der Waals surface area contributed by atoms with Gasteiger partial charge in [0.25, 0.3) is 5.91 Å². The van der Waals surface area contributed by atoms with Crippen molar-refractivity contribution in [3.63, 3.8) is 0 Å². The smallest absolute Gasteiger partial charge is 0.276 e. The second-order valence-corrected chi connectivity index (χ2v) is 6.50. The molecule has 0 aliphatic heterocycles. The van der Waals surface area contributed by atoms with Crippen LogP contribution in [-0.4, -0.2) is 37.8 Å². The van der Waals surface area contributed by atoms with Crippen molar-refractivity contribution >= 4 is 16.7 Å². The summed E-state index contributed by atoms with van der Waals surface area (Å²) in [6.45, 7) is 0.615. The first kappa shape index (κ1) is 17.7. The lowest BCUT2D eigenvalue weighted by molar-refractivity contribution is 0.0774. The Morgan fingerprint density at radius 3 is 3.00 bits per heavy atom. The minimum atomic E-state index is -0.227. The van der Waals surface area contributed by atoms with Crippen LogP contribution in [-0.2, 0) is 20.2 Å². The first-order valence-corrected chi connectivity index (χ1v) is 8.74. The van der Waals surface area contributed by atoms with E-state index in [0.717, 1.165) is 22.1 Å². The van der Waals surface area contributed by atoms with Gasteiger partial charge in [0.15, 0.2) is 11.5 Å². The third-order valence-corrected chi connectivity index (χ3v) is 4.31. The molecule has 0 N–H and O–H groups in total. The molecule has 0 saturated heterocycles. The van der Waals surface area contributed by atoms with Crippen LogP contribution >= 0.6 is 0 Å². The molecule has 8 heteroatoms. The molecule has 1 aromatic carbocycles. The molecule has 28 heavy (non-hydrogen) atoms. The fraction of sp³-hybridized carbons (Fsp3) is 0.200. The Hall–Kier alpha value is -3.68. The van der Waals surface area contributed by atoms with Crippen molar-refractivity contribution in [3.05, 3.63) is 72.1 Å². The molecular weight excluding hydrogens is 358 g/mol. The van der Waals surface area contributed by atoms with Crippen molar-refractivity contribution in [2.24, 2.45) is 7.05 Å². The second kappa shape index (κ2) is 7.51. The first-order valence-electron chi connectivity index (χ1n) is 8.74. The Bertz CT molecular complexity index is 1110. The van der Waals surface area contributed by atoms with E-state index in [1.807, 2.05) is 37.5 Å². The molecule has 3 heterocycles. The van der Waals surface area contributed by atoms with Crippen molar-refractivity contribution in [1.29, 1.82) is 0 Å². The molecule has 0 bridgehead atoms. The first-order chi connectivity index (χ1) is 13.6. The van der Waals surface area contributed by atoms with E-state index in [4.69, 9.17) is 9.26 Å². The highest BCUT2D eigenvalue weighted by molar-refractivity contribution is 5.92. The van der Waals surface area contributed by atoms with E-state index < -0.39 is 0 Å². The lowest BCUT2D eigenvalue weighted by Gasteiger charge is -2.13. The molecule has 0 fully saturated rings. The molecule has 3 aromatic heterocycles. The number of fused-ring (bicyclic) bond motifs is 1. The lowest BCUT2D eigenvalue weighted by Crippen LogP contribution is -2.26. The summed E-state index contributed by atoms with van der Waals surface area (Å²) in [5, 5.41) is 9.94. The number of rotatable bonds is 6. The highest BCUT2D eigenvalue weighted by Gasteiger charge is 2.18. The number of aromatic nitrogens is 4. The normalized spacial score (nSPS) is 10.9. The molecule has 4 aromatic rings. The summed E-state index contributed by atoms with van der Waals surface area (Å²) in [6.07, 6.45) is 7.10. The van der Waals surface area contributed by atoms with Gasteiger partial charge in [-0.05, 0) is 12.1 Å². The summed E-state index contributed by atoms with van der Waals surface area (Å²) < 4.78 is 12.8. The van der Waals surface area contributed by atoms with E-state index in [1.54, 1.807) is 41.3 Å². The van der Waals surface area contributed by atoms with Crippen LogP contribution in [0.3, 0.4) is 0 Å². The van der Waals surface area contributed by atoms with Gasteiger partial charge < -0.3 is 14.2 Å². The number of hydrogen-bond donors (Lipinski definition) is 0. The lowest BCUT2D eigenvalue weighted by atomic mass is 10.1. The fourth-order valence-electron chi connectivity index (χ4n) is 2.94. The third kappa shape index (κ3) is 3.71. The Labute approximate surface area is 161 Å². The number of aryl methyl sites for hydroxylation is 1. The van der Waals surface area contributed by atoms with E-state index in [2.05, 4.69) is 15.2 Å². The van der Waals surface area contributed by atoms with Gasteiger partial charge in [-0.1, -0.05) is 17.3 Å². The molecule has 1 amide bonds. The van der Waals surface area contributed by atoms with Gasteiger partial charge in [-0.25, -0.2) is 0 Å². The van der Waals surface area contributed by atoms with Gasteiger partial charge in [0.2, 0.25) is 0 Å². The summed E-state index contributed by atoms with van der Waals surface area (Å²) in [7, 11) is 3.55. The van der Waals surface area contributed by atoms with Crippen LogP contribution < -0.4 is 4.74 Å². The number of amides is 1.